The van der Waals surface area contributed by atoms with Gasteiger partial charge < -0.3 is 15.7 Å². The molecule has 2 aromatic rings. The van der Waals surface area contributed by atoms with E-state index in [1.807, 2.05) is 0 Å². The Labute approximate surface area is 166 Å². The van der Waals surface area contributed by atoms with E-state index < -0.39 is 16.7 Å². The minimum absolute atomic E-state index is 0.0586. The average Bonchev–Trinajstić information content (AvgIpc) is 2.68. The highest BCUT2D eigenvalue weighted by Crippen LogP contribution is 2.17. The molecule has 2 rings (SSSR count). The molecule has 3 N–H and O–H groups in total. The lowest BCUT2D eigenvalue weighted by atomic mass is 10.1. The van der Waals surface area contributed by atoms with Gasteiger partial charge >= 0.3 is 0 Å². The number of aliphatic hydroxyl groups is 1. The second-order valence-corrected chi connectivity index (χ2v) is 6.08. The van der Waals surface area contributed by atoms with E-state index in [4.69, 9.17) is 16.7 Å². The highest BCUT2D eigenvalue weighted by Gasteiger charge is 2.16. The summed E-state index contributed by atoms with van der Waals surface area (Å²) in [6, 6.07) is 11.9. The smallest absolute Gasteiger partial charge is 0.269 e. The molecule has 0 saturated carbocycles. The van der Waals surface area contributed by atoms with Gasteiger partial charge in [0.15, 0.2) is 0 Å². The van der Waals surface area contributed by atoms with Crippen molar-refractivity contribution in [3.05, 3.63) is 80.5 Å². The number of rotatable bonds is 8. The Hall–Kier alpha value is -3.23. The lowest BCUT2D eigenvalue weighted by molar-refractivity contribution is -0.384. The van der Waals surface area contributed by atoms with E-state index >= 15 is 0 Å². The Morgan fingerprint density at radius 2 is 1.82 bits per heavy atom. The van der Waals surface area contributed by atoms with Crippen LogP contribution in [-0.2, 0) is 4.79 Å². The van der Waals surface area contributed by atoms with Crippen molar-refractivity contribution in [2.45, 2.75) is 6.42 Å². The van der Waals surface area contributed by atoms with Gasteiger partial charge in [-0.05, 0) is 42.3 Å². The molecule has 0 fully saturated rings. The van der Waals surface area contributed by atoms with Crippen LogP contribution in [0.3, 0.4) is 0 Å². The van der Waals surface area contributed by atoms with Crippen LogP contribution in [0.15, 0.2) is 54.2 Å². The van der Waals surface area contributed by atoms with Gasteiger partial charge in [-0.25, -0.2) is 0 Å². The average molecular weight is 404 g/mol. The SMILES string of the molecule is O=C(NCCCO)C(=Cc1ccc([N+](=O)[O-])cc1)NC(=O)c1ccccc1Cl. The first-order valence-electron chi connectivity index (χ1n) is 8.33. The first-order chi connectivity index (χ1) is 13.4. The fourth-order valence-corrected chi connectivity index (χ4v) is 2.45. The molecule has 0 aliphatic carbocycles. The lowest BCUT2D eigenvalue weighted by Crippen LogP contribution is -2.35. The molecule has 0 spiro atoms. The quantitative estimate of drug-likeness (QED) is 0.270. The number of hydrogen-bond acceptors (Lipinski definition) is 5. The predicted octanol–water partition coefficient (Wildman–Crippen LogP) is 2.52. The van der Waals surface area contributed by atoms with Gasteiger partial charge in [0, 0.05) is 25.3 Å². The van der Waals surface area contributed by atoms with Crippen molar-refractivity contribution in [3.63, 3.8) is 0 Å². The highest BCUT2D eigenvalue weighted by molar-refractivity contribution is 6.34. The summed E-state index contributed by atoms with van der Waals surface area (Å²) >= 11 is 6.02. The molecule has 0 saturated heterocycles. The van der Waals surface area contributed by atoms with Crippen LogP contribution in [0, 0.1) is 10.1 Å². The molecule has 9 heteroatoms. The maximum absolute atomic E-state index is 12.5. The number of non-ortho nitro benzene ring substituents is 1. The summed E-state index contributed by atoms with van der Waals surface area (Å²) in [7, 11) is 0. The van der Waals surface area contributed by atoms with Crippen molar-refractivity contribution >= 4 is 35.2 Å². The largest absolute Gasteiger partial charge is 0.396 e. The number of nitrogens with zero attached hydrogens (tertiary/aromatic N) is 1. The van der Waals surface area contributed by atoms with Gasteiger partial charge in [-0.15, -0.1) is 0 Å². The maximum atomic E-state index is 12.5. The van der Waals surface area contributed by atoms with Crippen LogP contribution in [0.4, 0.5) is 5.69 Å². The summed E-state index contributed by atoms with van der Waals surface area (Å²) in [6.45, 7) is 0.128. The number of amides is 2. The van der Waals surface area contributed by atoms with Crippen LogP contribution < -0.4 is 10.6 Å². The molecule has 0 heterocycles. The Bertz CT molecular complexity index is 897. The van der Waals surface area contributed by atoms with Gasteiger partial charge in [0.2, 0.25) is 0 Å². The van der Waals surface area contributed by atoms with E-state index in [9.17, 15) is 19.7 Å². The molecule has 28 heavy (non-hydrogen) atoms. The molecule has 0 unspecified atom stereocenters. The molecule has 0 atom stereocenters. The highest BCUT2D eigenvalue weighted by atomic mass is 35.5. The number of carbonyl (C=O) groups is 2. The first kappa shape index (κ1) is 21.1. The summed E-state index contributed by atoms with van der Waals surface area (Å²) < 4.78 is 0. The second-order valence-electron chi connectivity index (χ2n) is 5.67. The van der Waals surface area contributed by atoms with Crippen LogP contribution in [0.5, 0.6) is 0 Å². The molecule has 0 aliphatic rings. The lowest BCUT2D eigenvalue weighted by Gasteiger charge is -2.11. The number of nitrogens with one attached hydrogen (secondary N) is 2. The van der Waals surface area contributed by atoms with Gasteiger partial charge in [-0.1, -0.05) is 23.7 Å². The van der Waals surface area contributed by atoms with Crippen LogP contribution in [0.1, 0.15) is 22.3 Å². The van der Waals surface area contributed by atoms with Gasteiger partial charge in [-0.2, -0.15) is 0 Å². The fraction of sp³-hybridized carbons (Fsp3) is 0.158. The van der Waals surface area contributed by atoms with Crippen LogP contribution >= 0.6 is 11.6 Å². The van der Waals surface area contributed by atoms with E-state index in [1.165, 1.54) is 36.4 Å². The Morgan fingerprint density at radius 1 is 1.14 bits per heavy atom. The van der Waals surface area contributed by atoms with Crippen molar-refractivity contribution < 1.29 is 19.6 Å². The fourth-order valence-electron chi connectivity index (χ4n) is 2.23. The number of aliphatic hydroxyl groups excluding tert-OH is 1. The summed E-state index contributed by atoms with van der Waals surface area (Å²) in [6.07, 6.45) is 1.75. The summed E-state index contributed by atoms with van der Waals surface area (Å²) in [5.41, 5.74) is 0.530. The van der Waals surface area contributed by atoms with E-state index in [1.54, 1.807) is 18.2 Å². The normalized spacial score (nSPS) is 11.0. The maximum Gasteiger partial charge on any atom is 0.269 e. The minimum Gasteiger partial charge on any atom is -0.396 e. The van der Waals surface area contributed by atoms with Crippen molar-refractivity contribution in [2.24, 2.45) is 0 Å². The molecule has 2 aromatic carbocycles. The zero-order chi connectivity index (χ0) is 20.5. The van der Waals surface area contributed by atoms with Crippen molar-refractivity contribution in [2.75, 3.05) is 13.2 Å². The summed E-state index contributed by atoms with van der Waals surface area (Å²) in [5, 5.41) is 24.9. The van der Waals surface area contributed by atoms with Gasteiger partial charge in [0.1, 0.15) is 5.70 Å². The zero-order valence-electron chi connectivity index (χ0n) is 14.7. The molecule has 146 valence electrons. The van der Waals surface area contributed by atoms with Crippen molar-refractivity contribution in [1.82, 2.24) is 10.6 Å². The topological polar surface area (TPSA) is 122 Å². The van der Waals surface area contributed by atoms with Crippen molar-refractivity contribution in [1.29, 1.82) is 0 Å². The summed E-state index contributed by atoms with van der Waals surface area (Å²) in [4.78, 5) is 35.2. The molecule has 0 bridgehead atoms. The molecular formula is C19H18ClN3O5. The Balaban J connectivity index is 2.28. The number of nitro benzene ring substituents is 1. The molecule has 2 amide bonds. The molecule has 0 radical (unpaired) electrons. The minimum atomic E-state index is -0.573. The van der Waals surface area contributed by atoms with E-state index in [0.29, 0.717) is 12.0 Å². The molecule has 0 aliphatic heterocycles. The molecule has 8 nitrogen and oxygen atoms in total. The van der Waals surface area contributed by atoms with E-state index in [2.05, 4.69) is 10.6 Å². The predicted molar refractivity (Wildman–Crippen MR) is 105 cm³/mol. The number of nitro groups is 1. The number of hydrogen-bond donors (Lipinski definition) is 3. The van der Waals surface area contributed by atoms with Crippen LogP contribution in [0.2, 0.25) is 5.02 Å². The zero-order valence-corrected chi connectivity index (χ0v) is 15.5. The number of halogens is 1. The number of carbonyl (C=O) groups excluding carboxylic acids is 2. The molecule has 0 aromatic heterocycles. The third-order valence-electron chi connectivity index (χ3n) is 3.65. The van der Waals surface area contributed by atoms with Gasteiger partial charge in [0.05, 0.1) is 15.5 Å². The third kappa shape index (κ3) is 5.90. The van der Waals surface area contributed by atoms with Crippen LogP contribution in [0.25, 0.3) is 6.08 Å². The summed E-state index contributed by atoms with van der Waals surface area (Å²) in [5.74, 6) is -1.14. The van der Waals surface area contributed by atoms with Crippen molar-refractivity contribution in [3.8, 4) is 0 Å². The number of benzene rings is 2. The second kappa shape index (κ2) is 10.2. The Kier molecular flexibility index (Phi) is 7.67. The van der Waals surface area contributed by atoms with Gasteiger partial charge in [0.25, 0.3) is 17.5 Å². The molecular weight excluding hydrogens is 386 g/mol. The van der Waals surface area contributed by atoms with Gasteiger partial charge in [-0.3, -0.25) is 19.7 Å². The standard InChI is InChI=1S/C19H18ClN3O5/c20-16-5-2-1-4-15(16)18(25)22-17(19(26)21-10-3-11-24)12-13-6-8-14(9-7-13)23(27)28/h1-2,4-9,12,24H,3,10-11H2,(H,21,26)(H,22,25). The first-order valence-corrected chi connectivity index (χ1v) is 8.71. The van der Waals surface area contributed by atoms with E-state index in [-0.39, 0.29) is 35.1 Å². The monoisotopic (exact) mass is 403 g/mol. The Morgan fingerprint density at radius 3 is 2.43 bits per heavy atom. The third-order valence-corrected chi connectivity index (χ3v) is 3.98. The van der Waals surface area contributed by atoms with Crippen LogP contribution in [-0.4, -0.2) is 35.0 Å². The van der Waals surface area contributed by atoms with E-state index in [0.717, 1.165) is 0 Å².